The van der Waals surface area contributed by atoms with Crippen LogP contribution in [0.15, 0.2) is 47.6 Å². The number of nitrogens with one attached hydrogen (secondary N) is 1. The highest BCUT2D eigenvalue weighted by atomic mass is 32.2. The molecule has 0 aliphatic heterocycles. The van der Waals surface area contributed by atoms with Crippen molar-refractivity contribution in [3.8, 4) is 0 Å². The van der Waals surface area contributed by atoms with E-state index in [1.54, 1.807) is 6.07 Å². The first kappa shape index (κ1) is 13.4. The van der Waals surface area contributed by atoms with E-state index in [2.05, 4.69) is 9.71 Å². The minimum absolute atomic E-state index is 0.146. The van der Waals surface area contributed by atoms with Crippen LogP contribution in [0, 0.1) is 5.82 Å². The summed E-state index contributed by atoms with van der Waals surface area (Å²) in [4.78, 5) is 3.35. The van der Waals surface area contributed by atoms with Crippen molar-refractivity contribution in [1.29, 1.82) is 0 Å². The van der Waals surface area contributed by atoms with Crippen LogP contribution in [0.3, 0.4) is 0 Å². The van der Waals surface area contributed by atoms with Crippen molar-refractivity contribution in [2.24, 2.45) is 5.73 Å². The third-order valence-corrected chi connectivity index (χ3v) is 3.85. The summed E-state index contributed by atoms with van der Waals surface area (Å²) in [6.45, 7) is 0.146. The van der Waals surface area contributed by atoms with Crippen LogP contribution in [0.4, 0.5) is 10.1 Å². The van der Waals surface area contributed by atoms with Crippen LogP contribution < -0.4 is 10.5 Å². The van der Waals surface area contributed by atoms with Gasteiger partial charge in [-0.05, 0) is 29.8 Å². The van der Waals surface area contributed by atoms with E-state index < -0.39 is 20.7 Å². The van der Waals surface area contributed by atoms with Crippen LogP contribution >= 0.6 is 0 Å². The Morgan fingerprint density at radius 3 is 2.68 bits per heavy atom. The second-order valence-electron chi connectivity index (χ2n) is 3.82. The third kappa shape index (κ3) is 3.07. The molecular weight excluding hydrogens is 269 g/mol. The van der Waals surface area contributed by atoms with E-state index in [0.29, 0.717) is 5.56 Å². The SMILES string of the molecule is NCc1ccc(S(=O)(=O)Nc2cccnc2)c(F)c1. The van der Waals surface area contributed by atoms with E-state index in [9.17, 15) is 12.8 Å². The summed E-state index contributed by atoms with van der Waals surface area (Å²) in [5.41, 5.74) is 6.16. The fourth-order valence-corrected chi connectivity index (χ4v) is 2.63. The van der Waals surface area contributed by atoms with Gasteiger partial charge in [0.15, 0.2) is 0 Å². The molecule has 1 heterocycles. The maximum atomic E-state index is 13.7. The van der Waals surface area contributed by atoms with Gasteiger partial charge in [-0.2, -0.15) is 0 Å². The number of rotatable bonds is 4. The van der Waals surface area contributed by atoms with Gasteiger partial charge in [-0.25, -0.2) is 12.8 Å². The number of hydrogen-bond donors (Lipinski definition) is 2. The molecule has 0 atom stereocenters. The number of nitrogens with zero attached hydrogens (tertiary/aromatic N) is 1. The Bertz CT molecular complexity index is 675. The molecule has 2 aromatic rings. The monoisotopic (exact) mass is 281 g/mol. The number of pyridine rings is 1. The van der Waals surface area contributed by atoms with Crippen LogP contribution in [-0.2, 0) is 16.6 Å². The number of nitrogens with two attached hydrogens (primary N) is 1. The van der Waals surface area contributed by atoms with Gasteiger partial charge in [0.25, 0.3) is 10.0 Å². The van der Waals surface area contributed by atoms with Crippen molar-refractivity contribution in [2.75, 3.05) is 4.72 Å². The van der Waals surface area contributed by atoms with Gasteiger partial charge >= 0.3 is 0 Å². The molecule has 0 spiro atoms. The zero-order chi connectivity index (χ0) is 13.9. The van der Waals surface area contributed by atoms with Crippen LogP contribution in [-0.4, -0.2) is 13.4 Å². The summed E-state index contributed by atoms with van der Waals surface area (Å²) in [6.07, 6.45) is 2.85. The van der Waals surface area contributed by atoms with Crippen LogP contribution in [0.5, 0.6) is 0 Å². The normalized spacial score (nSPS) is 11.3. The van der Waals surface area contributed by atoms with Gasteiger partial charge in [0.1, 0.15) is 10.7 Å². The largest absolute Gasteiger partial charge is 0.326 e. The average molecular weight is 281 g/mol. The van der Waals surface area contributed by atoms with Crippen molar-refractivity contribution in [3.05, 3.63) is 54.1 Å². The number of halogens is 1. The number of hydrogen-bond acceptors (Lipinski definition) is 4. The van der Waals surface area contributed by atoms with Crippen molar-refractivity contribution < 1.29 is 12.8 Å². The zero-order valence-corrected chi connectivity index (χ0v) is 10.7. The van der Waals surface area contributed by atoms with Gasteiger partial charge in [0.05, 0.1) is 11.9 Å². The maximum absolute atomic E-state index is 13.7. The van der Waals surface area contributed by atoms with E-state index in [0.717, 1.165) is 6.07 Å². The molecule has 0 aliphatic carbocycles. The Kier molecular flexibility index (Phi) is 3.77. The first-order chi connectivity index (χ1) is 9.03. The topological polar surface area (TPSA) is 85.1 Å². The minimum Gasteiger partial charge on any atom is -0.326 e. The molecule has 1 aromatic carbocycles. The van der Waals surface area contributed by atoms with E-state index in [1.165, 1.54) is 30.6 Å². The predicted molar refractivity (Wildman–Crippen MR) is 69.3 cm³/mol. The van der Waals surface area contributed by atoms with Gasteiger partial charge in [-0.1, -0.05) is 6.07 Å². The van der Waals surface area contributed by atoms with Gasteiger partial charge in [0, 0.05) is 12.7 Å². The number of aromatic nitrogens is 1. The molecule has 0 unspecified atom stereocenters. The van der Waals surface area contributed by atoms with Gasteiger partial charge in [0.2, 0.25) is 0 Å². The summed E-state index contributed by atoms with van der Waals surface area (Å²) in [6, 6.07) is 6.87. The second kappa shape index (κ2) is 5.33. The van der Waals surface area contributed by atoms with Crippen molar-refractivity contribution in [2.45, 2.75) is 11.4 Å². The Labute approximate surface area is 110 Å². The Morgan fingerprint density at radius 1 is 1.32 bits per heavy atom. The highest BCUT2D eigenvalue weighted by Gasteiger charge is 2.19. The fraction of sp³-hybridized carbons (Fsp3) is 0.0833. The molecule has 100 valence electrons. The summed E-state index contributed by atoms with van der Waals surface area (Å²) in [7, 11) is -3.97. The summed E-state index contributed by atoms with van der Waals surface area (Å²) >= 11 is 0. The molecule has 0 bridgehead atoms. The summed E-state index contributed by atoms with van der Waals surface area (Å²) in [5.74, 6) is -0.834. The number of anilines is 1. The zero-order valence-electron chi connectivity index (χ0n) is 9.88. The van der Waals surface area contributed by atoms with Gasteiger partial charge in [-0.3, -0.25) is 9.71 Å². The lowest BCUT2D eigenvalue weighted by Crippen LogP contribution is -2.15. The standard InChI is InChI=1S/C12H12FN3O2S/c13-11-6-9(7-14)3-4-12(11)19(17,18)16-10-2-1-5-15-8-10/h1-6,8,16H,7,14H2. The molecule has 19 heavy (non-hydrogen) atoms. The van der Waals surface area contributed by atoms with Gasteiger partial charge < -0.3 is 5.73 Å². The van der Waals surface area contributed by atoms with Gasteiger partial charge in [-0.15, -0.1) is 0 Å². The van der Waals surface area contributed by atoms with E-state index in [4.69, 9.17) is 5.73 Å². The molecule has 3 N–H and O–H groups in total. The molecule has 2 rings (SSSR count). The Hall–Kier alpha value is -1.99. The molecule has 1 aromatic heterocycles. The average Bonchev–Trinajstić information content (AvgIpc) is 2.38. The molecule has 0 saturated carbocycles. The fourth-order valence-electron chi connectivity index (χ4n) is 1.52. The maximum Gasteiger partial charge on any atom is 0.264 e. The second-order valence-corrected chi connectivity index (χ2v) is 5.47. The van der Waals surface area contributed by atoms with Crippen molar-refractivity contribution >= 4 is 15.7 Å². The first-order valence-electron chi connectivity index (χ1n) is 5.44. The molecule has 0 saturated heterocycles. The molecular formula is C12H12FN3O2S. The first-order valence-corrected chi connectivity index (χ1v) is 6.92. The Balaban J connectivity index is 2.35. The highest BCUT2D eigenvalue weighted by Crippen LogP contribution is 2.19. The van der Waals surface area contributed by atoms with E-state index in [1.807, 2.05) is 0 Å². The quantitative estimate of drug-likeness (QED) is 0.889. The highest BCUT2D eigenvalue weighted by molar-refractivity contribution is 7.92. The Morgan fingerprint density at radius 2 is 2.11 bits per heavy atom. The van der Waals surface area contributed by atoms with E-state index >= 15 is 0 Å². The van der Waals surface area contributed by atoms with E-state index in [-0.39, 0.29) is 12.2 Å². The van der Waals surface area contributed by atoms with Crippen LogP contribution in [0.2, 0.25) is 0 Å². The third-order valence-electron chi connectivity index (χ3n) is 2.44. The minimum atomic E-state index is -3.97. The molecule has 5 nitrogen and oxygen atoms in total. The molecule has 0 aliphatic rings. The van der Waals surface area contributed by atoms with Crippen molar-refractivity contribution in [1.82, 2.24) is 4.98 Å². The number of benzene rings is 1. The lowest BCUT2D eigenvalue weighted by atomic mass is 10.2. The summed E-state index contributed by atoms with van der Waals surface area (Å²) < 4.78 is 40.0. The predicted octanol–water partition coefficient (Wildman–Crippen LogP) is 1.48. The van der Waals surface area contributed by atoms with Crippen LogP contribution in [0.1, 0.15) is 5.56 Å². The van der Waals surface area contributed by atoms with Crippen molar-refractivity contribution in [3.63, 3.8) is 0 Å². The molecule has 7 heteroatoms. The lowest BCUT2D eigenvalue weighted by molar-refractivity contribution is 0.569. The summed E-state index contributed by atoms with van der Waals surface area (Å²) in [5, 5.41) is 0. The van der Waals surface area contributed by atoms with Crippen LogP contribution in [0.25, 0.3) is 0 Å². The number of sulfonamides is 1. The smallest absolute Gasteiger partial charge is 0.264 e. The lowest BCUT2D eigenvalue weighted by Gasteiger charge is -2.09. The molecule has 0 radical (unpaired) electrons. The molecule has 0 amide bonds. The molecule has 0 fully saturated rings.